The molecule has 0 aliphatic carbocycles. The zero-order chi connectivity index (χ0) is 18.6. The van der Waals surface area contributed by atoms with Crippen molar-refractivity contribution in [2.75, 3.05) is 30.9 Å². The first-order chi connectivity index (χ1) is 13.3. The lowest BCUT2D eigenvalue weighted by molar-refractivity contribution is 0.189. The number of rotatable bonds is 6. The van der Waals surface area contributed by atoms with Gasteiger partial charge in [0.15, 0.2) is 6.23 Å². The van der Waals surface area contributed by atoms with Gasteiger partial charge in [0, 0.05) is 61.5 Å². The molecule has 1 aliphatic rings. The third-order valence-corrected chi connectivity index (χ3v) is 4.21. The number of fused-ring (bicyclic) bond motifs is 1. The van der Waals surface area contributed by atoms with Crippen LogP contribution in [0, 0.1) is 0 Å². The molecule has 4 rings (SSSR count). The van der Waals surface area contributed by atoms with Crippen LogP contribution < -0.4 is 10.6 Å². The minimum atomic E-state index is -0.959. The van der Waals surface area contributed by atoms with E-state index >= 15 is 0 Å². The molecule has 27 heavy (non-hydrogen) atoms. The Hall–Kier alpha value is -3.30. The Balaban J connectivity index is 1.72. The third kappa shape index (κ3) is 3.37. The van der Waals surface area contributed by atoms with Crippen LogP contribution in [0.2, 0.25) is 0 Å². The molecule has 0 spiro atoms. The van der Waals surface area contributed by atoms with Crippen molar-refractivity contribution in [1.29, 1.82) is 0 Å². The number of ether oxygens (including phenoxy) is 1. The van der Waals surface area contributed by atoms with Crippen molar-refractivity contribution in [2.45, 2.75) is 6.23 Å². The van der Waals surface area contributed by atoms with Crippen molar-refractivity contribution in [1.82, 2.24) is 19.5 Å². The van der Waals surface area contributed by atoms with E-state index < -0.39 is 6.23 Å². The van der Waals surface area contributed by atoms with Crippen LogP contribution >= 0.6 is 0 Å². The monoisotopic (exact) mass is 365 g/mol. The standard InChI is InChI=1S/C18H19N7O2/c1-27-7-6-20-18-21-8-12(9-22-18)14-10-25(13-2-4-19-5-3-13)16-15(14)17(26)24-11-23-16/h2-5,8-11,17,26H,6-7H2,1H3,(H,23,24)(H,20,21,22). The summed E-state index contributed by atoms with van der Waals surface area (Å²) in [5.41, 5.74) is 3.19. The van der Waals surface area contributed by atoms with Crippen LogP contribution in [0.1, 0.15) is 11.8 Å². The van der Waals surface area contributed by atoms with Gasteiger partial charge in [0.25, 0.3) is 0 Å². The number of nitrogens with zero attached hydrogens (tertiary/aromatic N) is 5. The summed E-state index contributed by atoms with van der Waals surface area (Å²) in [5.74, 6) is 1.27. The predicted octanol–water partition coefficient (Wildman–Crippen LogP) is 1.83. The van der Waals surface area contributed by atoms with E-state index in [1.54, 1.807) is 31.9 Å². The number of aliphatic imine (C=N–C) groups is 1. The van der Waals surface area contributed by atoms with Crippen molar-refractivity contribution in [3.63, 3.8) is 0 Å². The van der Waals surface area contributed by atoms with Gasteiger partial charge in [-0.3, -0.25) is 4.98 Å². The summed E-state index contributed by atoms with van der Waals surface area (Å²) in [4.78, 5) is 16.8. The van der Waals surface area contributed by atoms with Gasteiger partial charge in [-0.1, -0.05) is 0 Å². The highest BCUT2D eigenvalue weighted by Gasteiger charge is 2.25. The minimum absolute atomic E-state index is 0.523. The number of nitrogens with one attached hydrogen (secondary N) is 2. The number of aliphatic hydroxyl groups excluding tert-OH is 1. The molecule has 0 fully saturated rings. The molecule has 0 aromatic carbocycles. The highest BCUT2D eigenvalue weighted by molar-refractivity contribution is 5.85. The zero-order valence-corrected chi connectivity index (χ0v) is 14.7. The Kier molecular flexibility index (Phi) is 4.77. The van der Waals surface area contributed by atoms with Gasteiger partial charge in [-0.15, -0.1) is 0 Å². The number of pyridine rings is 1. The first kappa shape index (κ1) is 17.1. The maximum atomic E-state index is 10.4. The largest absolute Gasteiger partial charge is 0.383 e. The van der Waals surface area contributed by atoms with Crippen LogP contribution in [-0.4, -0.2) is 51.2 Å². The Morgan fingerprint density at radius 1 is 1.26 bits per heavy atom. The quantitative estimate of drug-likeness (QED) is 0.572. The van der Waals surface area contributed by atoms with E-state index in [4.69, 9.17) is 4.74 Å². The van der Waals surface area contributed by atoms with Crippen molar-refractivity contribution in [2.24, 2.45) is 4.99 Å². The molecule has 9 nitrogen and oxygen atoms in total. The molecule has 0 saturated carbocycles. The molecule has 3 aromatic heterocycles. The van der Waals surface area contributed by atoms with E-state index in [0.29, 0.717) is 24.7 Å². The fraction of sp³-hybridized carbons (Fsp3) is 0.222. The van der Waals surface area contributed by atoms with Crippen LogP contribution in [0.3, 0.4) is 0 Å². The first-order valence-electron chi connectivity index (χ1n) is 8.45. The van der Waals surface area contributed by atoms with Gasteiger partial charge in [0.05, 0.1) is 18.5 Å². The van der Waals surface area contributed by atoms with Crippen LogP contribution in [0.4, 0.5) is 11.8 Å². The normalized spacial score (nSPS) is 15.3. The Morgan fingerprint density at radius 3 is 2.78 bits per heavy atom. The summed E-state index contributed by atoms with van der Waals surface area (Å²) >= 11 is 0. The molecule has 0 saturated heterocycles. The molecular weight excluding hydrogens is 346 g/mol. The average Bonchev–Trinajstić information content (AvgIpc) is 3.10. The van der Waals surface area contributed by atoms with E-state index in [0.717, 1.165) is 22.6 Å². The molecule has 1 aliphatic heterocycles. The summed E-state index contributed by atoms with van der Waals surface area (Å²) < 4.78 is 6.95. The first-order valence-corrected chi connectivity index (χ1v) is 8.45. The molecule has 1 atom stereocenters. The van der Waals surface area contributed by atoms with Gasteiger partial charge in [0.1, 0.15) is 5.82 Å². The summed E-state index contributed by atoms with van der Waals surface area (Å²) in [6.07, 6.45) is 9.35. The van der Waals surface area contributed by atoms with Gasteiger partial charge < -0.3 is 25.0 Å². The Labute approximate surface area is 155 Å². The fourth-order valence-corrected chi connectivity index (χ4v) is 2.93. The second kappa shape index (κ2) is 7.52. The van der Waals surface area contributed by atoms with E-state index in [1.165, 1.54) is 6.34 Å². The topological polar surface area (TPSA) is 109 Å². The lowest BCUT2D eigenvalue weighted by Gasteiger charge is -2.17. The van der Waals surface area contributed by atoms with Crippen molar-refractivity contribution < 1.29 is 9.84 Å². The zero-order valence-electron chi connectivity index (χ0n) is 14.7. The molecule has 0 bridgehead atoms. The van der Waals surface area contributed by atoms with Gasteiger partial charge in [-0.2, -0.15) is 0 Å². The molecule has 3 aromatic rings. The molecular formula is C18H19N7O2. The van der Waals surface area contributed by atoms with Crippen molar-refractivity contribution in [3.8, 4) is 16.8 Å². The summed E-state index contributed by atoms with van der Waals surface area (Å²) in [5, 5.41) is 16.6. The number of anilines is 2. The van der Waals surface area contributed by atoms with E-state index in [-0.39, 0.29) is 0 Å². The van der Waals surface area contributed by atoms with E-state index in [2.05, 4.69) is 30.6 Å². The number of hydrogen-bond donors (Lipinski definition) is 3. The number of hydrogen-bond acceptors (Lipinski definition) is 8. The second-order valence-corrected chi connectivity index (χ2v) is 5.89. The van der Waals surface area contributed by atoms with Crippen LogP contribution in [0.15, 0.2) is 48.1 Å². The third-order valence-electron chi connectivity index (χ3n) is 4.21. The average molecular weight is 365 g/mol. The summed E-state index contributed by atoms with van der Waals surface area (Å²) in [6.45, 7) is 1.20. The maximum absolute atomic E-state index is 10.4. The highest BCUT2D eigenvalue weighted by Crippen LogP contribution is 2.39. The van der Waals surface area contributed by atoms with Crippen LogP contribution in [0.25, 0.3) is 16.8 Å². The van der Waals surface area contributed by atoms with E-state index in [1.807, 2.05) is 22.9 Å². The molecule has 4 heterocycles. The highest BCUT2D eigenvalue weighted by atomic mass is 16.5. The second-order valence-electron chi connectivity index (χ2n) is 5.89. The SMILES string of the molecule is COCCNc1ncc(-c2cn(-c3ccncc3)c3c2C(O)N=CN3)cn1. The number of aliphatic hydroxyl groups is 1. The Bertz CT molecular complexity index is 938. The maximum Gasteiger partial charge on any atom is 0.222 e. The lowest BCUT2D eigenvalue weighted by Crippen LogP contribution is -2.12. The predicted molar refractivity (Wildman–Crippen MR) is 102 cm³/mol. The summed E-state index contributed by atoms with van der Waals surface area (Å²) in [7, 11) is 1.64. The smallest absolute Gasteiger partial charge is 0.222 e. The van der Waals surface area contributed by atoms with Crippen molar-refractivity contribution >= 4 is 18.1 Å². The molecule has 3 N–H and O–H groups in total. The number of methoxy groups -OCH3 is 1. The summed E-state index contributed by atoms with van der Waals surface area (Å²) in [6, 6.07) is 3.78. The minimum Gasteiger partial charge on any atom is -0.383 e. The van der Waals surface area contributed by atoms with Gasteiger partial charge >= 0.3 is 0 Å². The molecule has 138 valence electrons. The van der Waals surface area contributed by atoms with Crippen LogP contribution in [-0.2, 0) is 4.74 Å². The van der Waals surface area contributed by atoms with Gasteiger partial charge in [0.2, 0.25) is 5.95 Å². The molecule has 0 amide bonds. The van der Waals surface area contributed by atoms with Crippen molar-refractivity contribution in [3.05, 3.63) is 48.7 Å². The van der Waals surface area contributed by atoms with Gasteiger partial charge in [-0.25, -0.2) is 15.0 Å². The Morgan fingerprint density at radius 2 is 2.04 bits per heavy atom. The number of aromatic nitrogens is 4. The van der Waals surface area contributed by atoms with Gasteiger partial charge in [-0.05, 0) is 12.1 Å². The molecule has 9 heteroatoms. The molecule has 0 radical (unpaired) electrons. The lowest BCUT2D eigenvalue weighted by atomic mass is 10.1. The fourth-order valence-electron chi connectivity index (χ4n) is 2.93. The van der Waals surface area contributed by atoms with Crippen LogP contribution in [0.5, 0.6) is 0 Å². The molecule has 1 unspecified atom stereocenters. The van der Waals surface area contributed by atoms with E-state index in [9.17, 15) is 5.11 Å².